The Morgan fingerprint density at radius 2 is 2.04 bits per heavy atom. The molecule has 0 radical (unpaired) electrons. The van der Waals surface area contributed by atoms with E-state index in [4.69, 9.17) is 27.9 Å². The van der Waals surface area contributed by atoms with Crippen molar-refractivity contribution in [1.82, 2.24) is 20.2 Å². The number of halogens is 2. The van der Waals surface area contributed by atoms with Crippen LogP contribution in [0, 0.1) is 0 Å². The zero-order chi connectivity index (χ0) is 19.5. The van der Waals surface area contributed by atoms with Gasteiger partial charge in [0.2, 0.25) is 0 Å². The summed E-state index contributed by atoms with van der Waals surface area (Å²) in [4.78, 5) is 22.6. The molecular weight excluding hydrogens is 399 g/mol. The average molecular weight is 419 g/mol. The SMILES string of the molecule is O=C(NCC(c1cccc(Cl)n1)N1CCOCC1)c1ccc2[nH]ccc2c1Cl. The van der Waals surface area contributed by atoms with Crippen molar-refractivity contribution >= 4 is 40.0 Å². The molecule has 1 amide bonds. The molecule has 0 bridgehead atoms. The van der Waals surface area contributed by atoms with E-state index < -0.39 is 0 Å². The number of H-pyrrole nitrogens is 1. The van der Waals surface area contributed by atoms with Gasteiger partial charge in [0.25, 0.3) is 5.91 Å². The highest BCUT2D eigenvalue weighted by Gasteiger charge is 2.25. The molecule has 1 unspecified atom stereocenters. The van der Waals surface area contributed by atoms with E-state index >= 15 is 0 Å². The first-order chi connectivity index (χ1) is 13.6. The highest BCUT2D eigenvalue weighted by molar-refractivity contribution is 6.38. The number of ether oxygens (including phenoxy) is 1. The number of amides is 1. The third-order valence-electron chi connectivity index (χ3n) is 4.93. The second kappa shape index (κ2) is 8.49. The number of rotatable bonds is 5. The summed E-state index contributed by atoms with van der Waals surface area (Å²) in [6.07, 6.45) is 1.80. The minimum absolute atomic E-state index is 0.0960. The summed E-state index contributed by atoms with van der Waals surface area (Å²) in [5.41, 5.74) is 2.17. The summed E-state index contributed by atoms with van der Waals surface area (Å²) < 4.78 is 5.46. The van der Waals surface area contributed by atoms with Crippen molar-refractivity contribution in [2.24, 2.45) is 0 Å². The molecule has 2 aromatic heterocycles. The molecule has 0 spiro atoms. The fourth-order valence-corrected chi connectivity index (χ4v) is 3.96. The van der Waals surface area contributed by atoms with Crippen LogP contribution >= 0.6 is 23.2 Å². The van der Waals surface area contributed by atoms with Crippen LogP contribution in [0.3, 0.4) is 0 Å². The molecule has 146 valence electrons. The zero-order valence-corrected chi connectivity index (χ0v) is 16.6. The molecule has 4 rings (SSSR count). The lowest BCUT2D eigenvalue weighted by atomic mass is 10.1. The van der Waals surface area contributed by atoms with Gasteiger partial charge in [0.05, 0.1) is 35.5 Å². The van der Waals surface area contributed by atoms with Crippen LogP contribution in [0.25, 0.3) is 10.9 Å². The molecule has 1 aromatic carbocycles. The Hall–Kier alpha value is -2.12. The molecule has 3 heterocycles. The van der Waals surface area contributed by atoms with E-state index in [1.165, 1.54) is 0 Å². The maximum absolute atomic E-state index is 12.8. The molecule has 3 aromatic rings. The zero-order valence-electron chi connectivity index (χ0n) is 15.1. The fraction of sp³-hybridized carbons (Fsp3) is 0.300. The summed E-state index contributed by atoms with van der Waals surface area (Å²) in [5, 5.41) is 4.72. The Labute approximate surface area is 172 Å². The molecule has 2 N–H and O–H groups in total. The summed E-state index contributed by atoms with van der Waals surface area (Å²) in [6.45, 7) is 3.24. The molecule has 1 fully saturated rings. The number of nitrogens with one attached hydrogen (secondary N) is 2. The van der Waals surface area contributed by atoms with E-state index in [0.717, 1.165) is 29.7 Å². The van der Waals surface area contributed by atoms with Crippen molar-refractivity contribution < 1.29 is 9.53 Å². The van der Waals surface area contributed by atoms with Crippen LogP contribution in [-0.2, 0) is 4.74 Å². The van der Waals surface area contributed by atoms with Gasteiger partial charge in [-0.2, -0.15) is 0 Å². The summed E-state index contributed by atoms with van der Waals surface area (Å²) in [6, 6.07) is 10.9. The Bertz CT molecular complexity index is 985. The van der Waals surface area contributed by atoms with Gasteiger partial charge in [-0.1, -0.05) is 29.3 Å². The second-order valence-electron chi connectivity index (χ2n) is 6.63. The Balaban J connectivity index is 1.54. The van der Waals surface area contributed by atoms with E-state index in [0.29, 0.717) is 35.5 Å². The monoisotopic (exact) mass is 418 g/mol. The van der Waals surface area contributed by atoms with Gasteiger partial charge < -0.3 is 15.0 Å². The lowest BCUT2D eigenvalue weighted by Crippen LogP contribution is -2.44. The molecule has 0 aliphatic carbocycles. The predicted octanol–water partition coefficient (Wildman–Crippen LogP) is 3.67. The second-order valence-corrected chi connectivity index (χ2v) is 7.39. The van der Waals surface area contributed by atoms with Crippen molar-refractivity contribution in [2.75, 3.05) is 32.8 Å². The maximum Gasteiger partial charge on any atom is 0.252 e. The smallest absolute Gasteiger partial charge is 0.252 e. The number of hydrogen-bond donors (Lipinski definition) is 2. The first-order valence-electron chi connectivity index (χ1n) is 9.11. The van der Waals surface area contributed by atoms with Gasteiger partial charge in [0.15, 0.2) is 0 Å². The number of fused-ring (bicyclic) bond motifs is 1. The first-order valence-corrected chi connectivity index (χ1v) is 9.87. The number of carbonyl (C=O) groups is 1. The highest BCUT2D eigenvalue weighted by atomic mass is 35.5. The molecular formula is C20H20Cl2N4O2. The first kappa shape index (κ1) is 19.2. The number of aromatic amines is 1. The third kappa shape index (κ3) is 4.00. The summed E-state index contributed by atoms with van der Waals surface area (Å²) in [5.74, 6) is -0.214. The normalized spacial score (nSPS) is 16.2. The van der Waals surface area contributed by atoms with Crippen LogP contribution in [0.1, 0.15) is 22.1 Å². The minimum atomic E-state index is -0.214. The largest absolute Gasteiger partial charge is 0.379 e. The van der Waals surface area contributed by atoms with E-state index in [1.54, 1.807) is 18.3 Å². The average Bonchev–Trinajstić information content (AvgIpc) is 3.19. The van der Waals surface area contributed by atoms with Crippen molar-refractivity contribution in [3.63, 3.8) is 0 Å². The molecule has 1 atom stereocenters. The predicted molar refractivity (Wildman–Crippen MR) is 110 cm³/mol. The Morgan fingerprint density at radius 3 is 2.82 bits per heavy atom. The number of morpholine rings is 1. The topological polar surface area (TPSA) is 70.2 Å². The Kier molecular flexibility index (Phi) is 5.82. The van der Waals surface area contributed by atoms with Crippen LogP contribution in [0.4, 0.5) is 0 Å². The van der Waals surface area contributed by atoms with Gasteiger partial charge in [0.1, 0.15) is 5.15 Å². The third-order valence-corrected chi connectivity index (χ3v) is 5.55. The number of aromatic nitrogens is 2. The molecule has 8 heteroatoms. The number of nitrogens with zero attached hydrogens (tertiary/aromatic N) is 2. The minimum Gasteiger partial charge on any atom is -0.379 e. The van der Waals surface area contributed by atoms with Gasteiger partial charge in [0, 0.05) is 36.7 Å². The summed E-state index contributed by atoms with van der Waals surface area (Å²) >= 11 is 12.5. The van der Waals surface area contributed by atoms with Gasteiger partial charge in [-0.05, 0) is 30.3 Å². The van der Waals surface area contributed by atoms with Crippen LogP contribution in [0.15, 0.2) is 42.6 Å². The Morgan fingerprint density at radius 1 is 1.21 bits per heavy atom. The van der Waals surface area contributed by atoms with E-state index in [1.807, 2.05) is 24.3 Å². The maximum atomic E-state index is 12.8. The highest BCUT2D eigenvalue weighted by Crippen LogP contribution is 2.27. The van der Waals surface area contributed by atoms with Crippen LogP contribution in [0.2, 0.25) is 10.2 Å². The van der Waals surface area contributed by atoms with Crippen LogP contribution < -0.4 is 5.32 Å². The molecule has 28 heavy (non-hydrogen) atoms. The van der Waals surface area contributed by atoms with Crippen molar-refractivity contribution in [1.29, 1.82) is 0 Å². The molecule has 6 nitrogen and oxygen atoms in total. The number of pyridine rings is 1. The van der Waals surface area contributed by atoms with Crippen LogP contribution in [-0.4, -0.2) is 53.6 Å². The van der Waals surface area contributed by atoms with Crippen molar-refractivity contribution in [2.45, 2.75) is 6.04 Å². The number of hydrogen-bond acceptors (Lipinski definition) is 4. The van der Waals surface area contributed by atoms with E-state index in [2.05, 4.69) is 20.2 Å². The standard InChI is InChI=1S/C20H20Cl2N4O2/c21-18-3-1-2-16(25-18)17(26-8-10-28-11-9-26)12-24-20(27)14-4-5-15-13(19(14)22)6-7-23-15/h1-7,17,23H,8-12H2,(H,24,27). The van der Waals surface area contributed by atoms with Gasteiger partial charge in [-0.3, -0.25) is 9.69 Å². The van der Waals surface area contributed by atoms with Gasteiger partial charge in [-0.15, -0.1) is 0 Å². The lowest BCUT2D eigenvalue weighted by molar-refractivity contribution is 0.0154. The lowest BCUT2D eigenvalue weighted by Gasteiger charge is -2.34. The number of carbonyl (C=O) groups excluding carboxylic acids is 1. The quantitative estimate of drug-likeness (QED) is 0.620. The fourth-order valence-electron chi connectivity index (χ4n) is 3.48. The van der Waals surface area contributed by atoms with Crippen molar-refractivity contribution in [3.05, 3.63) is 64.0 Å². The molecule has 0 saturated carbocycles. The van der Waals surface area contributed by atoms with Crippen molar-refractivity contribution in [3.8, 4) is 0 Å². The molecule has 1 saturated heterocycles. The number of benzene rings is 1. The summed E-state index contributed by atoms with van der Waals surface area (Å²) in [7, 11) is 0. The molecule has 1 aliphatic heterocycles. The molecule has 1 aliphatic rings. The van der Waals surface area contributed by atoms with Gasteiger partial charge in [-0.25, -0.2) is 4.98 Å². The van der Waals surface area contributed by atoms with E-state index in [-0.39, 0.29) is 11.9 Å². The van der Waals surface area contributed by atoms with E-state index in [9.17, 15) is 4.79 Å². The van der Waals surface area contributed by atoms with Crippen LogP contribution in [0.5, 0.6) is 0 Å². The van der Waals surface area contributed by atoms with Gasteiger partial charge >= 0.3 is 0 Å².